The summed E-state index contributed by atoms with van der Waals surface area (Å²) in [6, 6.07) is 2.00. The summed E-state index contributed by atoms with van der Waals surface area (Å²) in [6.45, 7) is 0.922. The van der Waals surface area contributed by atoms with Gasteiger partial charge >= 0.3 is 5.97 Å². The van der Waals surface area contributed by atoms with Crippen molar-refractivity contribution in [1.29, 1.82) is 0 Å². The molecule has 0 saturated carbocycles. The van der Waals surface area contributed by atoms with Crippen LogP contribution in [0.25, 0.3) is 0 Å². The first kappa shape index (κ1) is 13.0. The first-order chi connectivity index (χ1) is 8.66. The van der Waals surface area contributed by atoms with Gasteiger partial charge in [-0.25, -0.2) is 4.79 Å². The molecule has 1 aliphatic rings. The van der Waals surface area contributed by atoms with Gasteiger partial charge in [0.15, 0.2) is 6.10 Å². The van der Waals surface area contributed by atoms with Crippen molar-refractivity contribution in [2.24, 2.45) is 0 Å². The zero-order valence-corrected chi connectivity index (χ0v) is 10.7. The summed E-state index contributed by atoms with van der Waals surface area (Å²) in [5, 5.41) is 12.9. The molecule has 0 spiro atoms. The number of carboxylic acid groups (broad SMARTS) is 1. The highest BCUT2D eigenvalue weighted by atomic mass is 32.1. The third-order valence-corrected chi connectivity index (χ3v) is 3.63. The van der Waals surface area contributed by atoms with Crippen LogP contribution in [0.5, 0.6) is 0 Å². The third kappa shape index (κ3) is 3.30. The number of carbonyl (C=O) groups is 2. The predicted octanol–water partition coefficient (Wildman–Crippen LogP) is 0.993. The molecule has 2 heterocycles. The molecule has 18 heavy (non-hydrogen) atoms. The van der Waals surface area contributed by atoms with Gasteiger partial charge in [-0.2, -0.15) is 11.3 Å². The van der Waals surface area contributed by atoms with Gasteiger partial charge < -0.3 is 14.7 Å². The summed E-state index contributed by atoms with van der Waals surface area (Å²) in [5.74, 6) is -1.01. The molecule has 6 heteroatoms. The number of amides is 1. The van der Waals surface area contributed by atoms with Crippen molar-refractivity contribution in [1.82, 2.24) is 4.90 Å². The molecule has 0 aliphatic carbocycles. The van der Waals surface area contributed by atoms with Crippen LogP contribution in [-0.4, -0.2) is 47.7 Å². The van der Waals surface area contributed by atoms with E-state index in [0.29, 0.717) is 26.0 Å². The Bertz CT molecular complexity index is 418. The lowest BCUT2D eigenvalue weighted by molar-refractivity contribution is -0.159. The van der Waals surface area contributed by atoms with Gasteiger partial charge in [-0.05, 0) is 28.8 Å². The minimum atomic E-state index is -1.01. The van der Waals surface area contributed by atoms with Crippen molar-refractivity contribution in [3.63, 3.8) is 0 Å². The molecule has 5 nitrogen and oxygen atoms in total. The summed E-state index contributed by atoms with van der Waals surface area (Å²) in [7, 11) is 0. The Morgan fingerprint density at radius 2 is 2.39 bits per heavy atom. The Morgan fingerprint density at radius 3 is 3.06 bits per heavy atom. The summed E-state index contributed by atoms with van der Waals surface area (Å²) in [6.07, 6.45) is 0.240. The van der Waals surface area contributed by atoms with E-state index in [0.717, 1.165) is 5.56 Å². The number of hydrogen-bond donors (Lipinski definition) is 1. The van der Waals surface area contributed by atoms with E-state index in [1.807, 2.05) is 16.8 Å². The van der Waals surface area contributed by atoms with Crippen LogP contribution < -0.4 is 0 Å². The molecule has 0 unspecified atom stereocenters. The maximum atomic E-state index is 11.9. The Labute approximate surface area is 109 Å². The van der Waals surface area contributed by atoms with Gasteiger partial charge in [0, 0.05) is 13.0 Å². The highest BCUT2D eigenvalue weighted by Gasteiger charge is 2.28. The fraction of sp³-hybridized carbons (Fsp3) is 0.500. The quantitative estimate of drug-likeness (QED) is 0.885. The molecule has 0 aromatic carbocycles. The van der Waals surface area contributed by atoms with Crippen LogP contribution in [0.1, 0.15) is 12.0 Å². The van der Waals surface area contributed by atoms with Gasteiger partial charge in [0.25, 0.3) is 0 Å². The predicted molar refractivity (Wildman–Crippen MR) is 66.6 cm³/mol. The van der Waals surface area contributed by atoms with E-state index in [4.69, 9.17) is 9.84 Å². The van der Waals surface area contributed by atoms with Crippen LogP contribution in [-0.2, 0) is 20.7 Å². The van der Waals surface area contributed by atoms with Crippen LogP contribution in [0.3, 0.4) is 0 Å². The zero-order valence-electron chi connectivity index (χ0n) is 9.87. The Balaban J connectivity index is 1.83. The number of nitrogens with zero attached hydrogens (tertiary/aromatic N) is 1. The minimum absolute atomic E-state index is 0.00394. The number of ether oxygens (including phenoxy) is 1. The standard InChI is InChI=1S/C12H15NO4S/c14-11(2-1-9-3-6-18-8-9)13-4-5-17-10(7-13)12(15)16/h3,6,8,10H,1-2,4-5,7H2,(H,15,16)/t10-/m0/s1. The second kappa shape index (κ2) is 5.97. The van der Waals surface area contributed by atoms with Gasteiger partial charge in [-0.3, -0.25) is 4.79 Å². The zero-order chi connectivity index (χ0) is 13.0. The van der Waals surface area contributed by atoms with Gasteiger partial charge in [0.05, 0.1) is 13.2 Å². The van der Waals surface area contributed by atoms with Crippen molar-refractivity contribution in [3.05, 3.63) is 22.4 Å². The first-order valence-electron chi connectivity index (χ1n) is 5.80. The lowest BCUT2D eigenvalue weighted by Crippen LogP contribution is -2.48. The van der Waals surface area contributed by atoms with E-state index in [-0.39, 0.29) is 12.5 Å². The number of carbonyl (C=O) groups excluding carboxylic acids is 1. The molecule has 1 aromatic rings. The molecule has 1 fully saturated rings. The second-order valence-corrected chi connectivity index (χ2v) is 4.95. The van der Waals surface area contributed by atoms with Crippen LogP contribution in [0.2, 0.25) is 0 Å². The highest BCUT2D eigenvalue weighted by Crippen LogP contribution is 2.11. The molecule has 1 saturated heterocycles. The molecule has 1 aromatic heterocycles. The van der Waals surface area contributed by atoms with Gasteiger partial charge in [-0.1, -0.05) is 0 Å². The number of hydrogen-bond acceptors (Lipinski definition) is 4. The van der Waals surface area contributed by atoms with Crippen molar-refractivity contribution in [2.75, 3.05) is 19.7 Å². The molecule has 1 atom stereocenters. The summed E-state index contributed by atoms with van der Waals surface area (Å²) in [4.78, 5) is 24.3. The molecule has 0 bridgehead atoms. The van der Waals surface area contributed by atoms with Crippen LogP contribution in [0.4, 0.5) is 0 Å². The summed E-state index contributed by atoms with van der Waals surface area (Å²) in [5.41, 5.74) is 1.15. The van der Waals surface area contributed by atoms with Crippen molar-refractivity contribution >= 4 is 23.2 Å². The molecule has 0 radical (unpaired) electrons. The van der Waals surface area contributed by atoms with E-state index in [9.17, 15) is 9.59 Å². The van der Waals surface area contributed by atoms with E-state index in [2.05, 4.69) is 0 Å². The van der Waals surface area contributed by atoms with Gasteiger partial charge in [-0.15, -0.1) is 0 Å². The lowest BCUT2D eigenvalue weighted by Gasteiger charge is -2.30. The van der Waals surface area contributed by atoms with Crippen LogP contribution in [0, 0.1) is 0 Å². The molecular weight excluding hydrogens is 254 g/mol. The number of rotatable bonds is 4. The van der Waals surface area contributed by atoms with Crippen molar-refractivity contribution in [3.8, 4) is 0 Å². The topological polar surface area (TPSA) is 66.8 Å². The largest absolute Gasteiger partial charge is 0.479 e. The molecule has 1 N–H and O–H groups in total. The number of morpholine rings is 1. The fourth-order valence-electron chi connectivity index (χ4n) is 1.87. The number of aliphatic carboxylic acids is 1. The summed E-state index contributed by atoms with van der Waals surface area (Å²) < 4.78 is 5.08. The number of carboxylic acids is 1. The van der Waals surface area contributed by atoms with E-state index in [1.54, 1.807) is 16.2 Å². The first-order valence-corrected chi connectivity index (χ1v) is 6.74. The van der Waals surface area contributed by atoms with E-state index < -0.39 is 12.1 Å². The maximum Gasteiger partial charge on any atom is 0.334 e. The van der Waals surface area contributed by atoms with Crippen LogP contribution >= 0.6 is 11.3 Å². The molecule has 1 amide bonds. The van der Waals surface area contributed by atoms with Gasteiger partial charge in [0.2, 0.25) is 5.91 Å². The summed E-state index contributed by atoms with van der Waals surface area (Å²) >= 11 is 1.61. The lowest BCUT2D eigenvalue weighted by atomic mass is 10.1. The molecule has 98 valence electrons. The minimum Gasteiger partial charge on any atom is -0.479 e. The molecular formula is C12H15NO4S. The number of aryl methyl sites for hydroxylation is 1. The monoisotopic (exact) mass is 269 g/mol. The Morgan fingerprint density at radius 1 is 1.56 bits per heavy atom. The molecule has 1 aliphatic heterocycles. The number of thiophene rings is 1. The SMILES string of the molecule is O=C(O)[C@@H]1CN(C(=O)CCc2ccsc2)CCO1. The van der Waals surface area contributed by atoms with E-state index in [1.165, 1.54) is 0 Å². The highest BCUT2D eigenvalue weighted by molar-refractivity contribution is 7.07. The molecule has 2 rings (SSSR count). The Kier molecular flexibility index (Phi) is 4.33. The fourth-order valence-corrected chi connectivity index (χ4v) is 2.57. The normalized spacial score (nSPS) is 19.8. The van der Waals surface area contributed by atoms with Gasteiger partial charge in [0.1, 0.15) is 0 Å². The van der Waals surface area contributed by atoms with Crippen LogP contribution in [0.15, 0.2) is 16.8 Å². The van der Waals surface area contributed by atoms with E-state index >= 15 is 0 Å². The Hall–Kier alpha value is -1.40. The maximum absolute atomic E-state index is 11.9. The smallest absolute Gasteiger partial charge is 0.334 e. The third-order valence-electron chi connectivity index (χ3n) is 2.90. The average molecular weight is 269 g/mol. The van der Waals surface area contributed by atoms with Crippen molar-refractivity contribution < 1.29 is 19.4 Å². The second-order valence-electron chi connectivity index (χ2n) is 4.17. The average Bonchev–Trinajstić information content (AvgIpc) is 2.89. The van der Waals surface area contributed by atoms with Crippen molar-refractivity contribution in [2.45, 2.75) is 18.9 Å².